The second kappa shape index (κ2) is 11.4. The van der Waals surface area contributed by atoms with Crippen LogP contribution in [-0.2, 0) is 4.79 Å². The highest BCUT2D eigenvalue weighted by Gasteiger charge is 2.19. The van der Waals surface area contributed by atoms with Crippen molar-refractivity contribution in [2.75, 3.05) is 48.3 Å². The number of β-amino-alcohol motifs (C(OH)–C–C–N with tert-alkyl or cyclic N) is 1. The molecule has 1 atom stereocenters. The Morgan fingerprint density at radius 3 is 2.61 bits per heavy atom. The summed E-state index contributed by atoms with van der Waals surface area (Å²) in [6.45, 7) is 9.60. The Hall–Kier alpha value is -4.34. The predicted molar refractivity (Wildman–Crippen MR) is 152 cm³/mol. The molecule has 5 rings (SSSR count). The second-order valence-electron chi connectivity index (χ2n) is 9.38. The van der Waals surface area contributed by atoms with Gasteiger partial charge in [0.05, 0.1) is 23.5 Å². The summed E-state index contributed by atoms with van der Waals surface area (Å²) in [5, 5.41) is 16.6. The van der Waals surface area contributed by atoms with Crippen molar-refractivity contribution >= 4 is 40.0 Å². The number of piperazine rings is 1. The zero-order valence-corrected chi connectivity index (χ0v) is 21.3. The average molecular weight is 510 g/mol. The quantitative estimate of drug-likeness (QED) is 0.305. The van der Waals surface area contributed by atoms with Crippen LogP contribution in [0.4, 0.5) is 23.1 Å². The zero-order valence-electron chi connectivity index (χ0n) is 21.3. The Bertz CT molecular complexity index is 1430. The maximum Gasteiger partial charge on any atom is 0.247 e. The number of nitrogens with one attached hydrogen (secondary N) is 2. The molecule has 1 aliphatic rings. The molecule has 0 saturated carbocycles. The molecule has 1 saturated heterocycles. The minimum atomic E-state index is -0.311. The van der Waals surface area contributed by atoms with Crippen LogP contribution in [0.1, 0.15) is 6.92 Å². The molecule has 0 aliphatic carbocycles. The van der Waals surface area contributed by atoms with Gasteiger partial charge in [-0.2, -0.15) is 0 Å². The summed E-state index contributed by atoms with van der Waals surface area (Å²) < 4.78 is 0. The van der Waals surface area contributed by atoms with E-state index in [1.165, 1.54) is 6.08 Å². The molecule has 0 bridgehead atoms. The number of hydrogen-bond donors (Lipinski definition) is 3. The van der Waals surface area contributed by atoms with Crippen molar-refractivity contribution in [1.82, 2.24) is 19.9 Å². The molecule has 3 N–H and O–H groups in total. The van der Waals surface area contributed by atoms with Crippen molar-refractivity contribution < 1.29 is 9.90 Å². The summed E-state index contributed by atoms with van der Waals surface area (Å²) >= 11 is 0. The van der Waals surface area contributed by atoms with Crippen molar-refractivity contribution in [2.45, 2.75) is 13.0 Å². The monoisotopic (exact) mass is 509 g/mol. The van der Waals surface area contributed by atoms with Gasteiger partial charge in [0, 0.05) is 55.6 Å². The van der Waals surface area contributed by atoms with Crippen LogP contribution in [0.5, 0.6) is 0 Å². The zero-order chi connectivity index (χ0) is 26.5. The average Bonchev–Trinajstić information content (AvgIpc) is 2.93. The molecule has 194 valence electrons. The van der Waals surface area contributed by atoms with Crippen molar-refractivity contribution in [3.63, 3.8) is 0 Å². The number of aliphatic hydroxyl groups is 1. The minimum Gasteiger partial charge on any atom is -0.392 e. The van der Waals surface area contributed by atoms with E-state index in [2.05, 4.69) is 37.0 Å². The van der Waals surface area contributed by atoms with Gasteiger partial charge in [0.1, 0.15) is 5.82 Å². The summed E-state index contributed by atoms with van der Waals surface area (Å²) in [5.41, 5.74) is 4.16. The topological polar surface area (TPSA) is 107 Å². The highest BCUT2D eigenvalue weighted by molar-refractivity contribution is 6.00. The number of anilines is 4. The Kier molecular flexibility index (Phi) is 7.57. The van der Waals surface area contributed by atoms with E-state index in [1.54, 1.807) is 12.4 Å². The highest BCUT2D eigenvalue weighted by atomic mass is 16.3. The van der Waals surface area contributed by atoms with Gasteiger partial charge in [-0.05, 0) is 42.8 Å². The van der Waals surface area contributed by atoms with Crippen LogP contribution in [0.25, 0.3) is 22.0 Å². The maximum atomic E-state index is 11.7. The maximum absolute atomic E-state index is 11.7. The fourth-order valence-corrected chi connectivity index (χ4v) is 4.62. The first-order valence-electron chi connectivity index (χ1n) is 12.7. The molecule has 3 heterocycles. The normalized spacial score (nSPS) is 14.7. The van der Waals surface area contributed by atoms with Crippen molar-refractivity contribution in [3.8, 4) is 11.1 Å². The molecule has 4 aromatic rings. The van der Waals surface area contributed by atoms with Gasteiger partial charge < -0.3 is 20.6 Å². The van der Waals surface area contributed by atoms with Crippen LogP contribution in [0.2, 0.25) is 0 Å². The van der Waals surface area contributed by atoms with Gasteiger partial charge in [-0.25, -0.2) is 15.0 Å². The number of pyridine rings is 1. The van der Waals surface area contributed by atoms with E-state index < -0.39 is 0 Å². The fourth-order valence-electron chi connectivity index (χ4n) is 4.62. The van der Waals surface area contributed by atoms with Crippen LogP contribution in [0.3, 0.4) is 0 Å². The molecule has 2 aromatic heterocycles. The first-order chi connectivity index (χ1) is 18.5. The van der Waals surface area contributed by atoms with E-state index in [0.29, 0.717) is 18.2 Å². The molecule has 0 spiro atoms. The third-order valence-corrected chi connectivity index (χ3v) is 6.46. The molecule has 0 radical (unpaired) electrons. The van der Waals surface area contributed by atoms with Gasteiger partial charge in [-0.1, -0.05) is 36.9 Å². The third kappa shape index (κ3) is 5.96. The number of carbonyl (C=O) groups excluding carboxylic acids is 1. The smallest absolute Gasteiger partial charge is 0.247 e. The van der Waals surface area contributed by atoms with Gasteiger partial charge in [-0.3, -0.25) is 9.69 Å². The van der Waals surface area contributed by atoms with Crippen molar-refractivity contribution in [1.29, 1.82) is 0 Å². The molecule has 9 nitrogen and oxygen atoms in total. The van der Waals surface area contributed by atoms with Gasteiger partial charge in [-0.15, -0.1) is 0 Å². The van der Waals surface area contributed by atoms with Crippen LogP contribution < -0.4 is 15.5 Å². The van der Waals surface area contributed by atoms with Gasteiger partial charge in [0.2, 0.25) is 11.9 Å². The highest BCUT2D eigenvalue weighted by Crippen LogP contribution is 2.30. The van der Waals surface area contributed by atoms with Crippen molar-refractivity contribution in [2.24, 2.45) is 0 Å². The molecule has 1 amide bonds. The lowest BCUT2D eigenvalue weighted by atomic mass is 10.0. The summed E-state index contributed by atoms with van der Waals surface area (Å²) in [6, 6.07) is 17.6. The van der Waals surface area contributed by atoms with Gasteiger partial charge in [0.15, 0.2) is 0 Å². The molecule has 1 fully saturated rings. The fraction of sp³-hybridized carbons (Fsp3) is 0.241. The summed E-state index contributed by atoms with van der Waals surface area (Å²) in [6.07, 6.45) is 4.53. The van der Waals surface area contributed by atoms with E-state index >= 15 is 0 Å². The number of hydrogen-bond acceptors (Lipinski definition) is 8. The number of aliphatic hydroxyl groups excluding tert-OH is 1. The number of benzene rings is 2. The van der Waals surface area contributed by atoms with E-state index in [4.69, 9.17) is 4.98 Å². The lowest BCUT2D eigenvalue weighted by Crippen LogP contribution is -2.48. The van der Waals surface area contributed by atoms with Gasteiger partial charge in [0.25, 0.3) is 0 Å². The first kappa shape index (κ1) is 25.3. The van der Waals surface area contributed by atoms with E-state index in [9.17, 15) is 9.90 Å². The summed E-state index contributed by atoms with van der Waals surface area (Å²) in [7, 11) is 0. The number of carbonyl (C=O) groups is 1. The van der Waals surface area contributed by atoms with Crippen LogP contribution >= 0.6 is 0 Å². The predicted octanol–water partition coefficient (Wildman–Crippen LogP) is 4.06. The number of para-hydroxylation sites is 1. The first-order valence-corrected chi connectivity index (χ1v) is 12.7. The number of aromatic nitrogens is 3. The molecular weight excluding hydrogens is 478 g/mol. The minimum absolute atomic E-state index is 0.257. The third-order valence-electron chi connectivity index (χ3n) is 6.46. The number of amides is 1. The van der Waals surface area contributed by atoms with Gasteiger partial charge >= 0.3 is 0 Å². The Balaban J connectivity index is 1.32. The Morgan fingerprint density at radius 2 is 1.87 bits per heavy atom. The number of nitrogens with zero attached hydrogens (tertiary/aromatic N) is 5. The molecule has 9 heteroatoms. The largest absolute Gasteiger partial charge is 0.392 e. The molecular formula is C29H31N7O2. The standard InChI is InChI=1S/C29H31N7O2/c1-3-27(38)32-23-8-4-6-21(16-23)25-9-5-7-22-17-31-29(34-28(22)25)33-24-10-11-26(30-18-24)36-14-12-35(13-15-36)19-20(2)37/h3-11,16-18,20,37H,1,12-15,19H2,2H3,(H,32,38)(H,31,33,34). The van der Waals surface area contributed by atoms with Crippen LogP contribution in [0, 0.1) is 0 Å². The van der Waals surface area contributed by atoms with Crippen molar-refractivity contribution in [3.05, 3.63) is 79.6 Å². The molecule has 38 heavy (non-hydrogen) atoms. The second-order valence-corrected chi connectivity index (χ2v) is 9.38. The number of rotatable bonds is 8. The van der Waals surface area contributed by atoms with E-state index in [1.807, 2.05) is 61.5 Å². The van der Waals surface area contributed by atoms with E-state index in [-0.39, 0.29) is 12.0 Å². The SMILES string of the molecule is C=CC(=O)Nc1cccc(-c2cccc3cnc(Nc4ccc(N5CCN(CC(C)O)CC5)nc4)nc23)c1. The van der Waals surface area contributed by atoms with Crippen LogP contribution in [-0.4, -0.2) is 69.7 Å². The van der Waals surface area contributed by atoms with E-state index in [0.717, 1.165) is 59.7 Å². The van der Waals surface area contributed by atoms with Crippen LogP contribution in [0.15, 0.2) is 79.6 Å². The Morgan fingerprint density at radius 1 is 1.05 bits per heavy atom. The lowest BCUT2D eigenvalue weighted by Gasteiger charge is -2.35. The summed E-state index contributed by atoms with van der Waals surface area (Å²) in [5.74, 6) is 1.15. The summed E-state index contributed by atoms with van der Waals surface area (Å²) in [4.78, 5) is 30.2. The molecule has 2 aromatic carbocycles. The number of fused-ring (bicyclic) bond motifs is 1. The molecule has 1 unspecified atom stereocenters. The Labute approximate surface area is 221 Å². The lowest BCUT2D eigenvalue weighted by molar-refractivity contribution is -0.111. The molecule has 1 aliphatic heterocycles.